The first-order chi connectivity index (χ1) is 8.88. The molecule has 0 spiro atoms. The molecule has 0 aliphatic heterocycles. The minimum atomic E-state index is -1.47. The summed E-state index contributed by atoms with van der Waals surface area (Å²) in [5.74, 6) is -2.30. The summed E-state index contributed by atoms with van der Waals surface area (Å²) in [6, 6.07) is 7.27. The number of carboxylic acids is 1. The molecule has 0 aromatic heterocycles. The van der Waals surface area contributed by atoms with Crippen LogP contribution in [0.1, 0.15) is 12.5 Å². The lowest BCUT2D eigenvalue weighted by Gasteiger charge is -2.07. The summed E-state index contributed by atoms with van der Waals surface area (Å²) in [5.41, 5.74) is 1.66. The zero-order chi connectivity index (χ0) is 14.4. The van der Waals surface area contributed by atoms with E-state index < -0.39 is 22.7 Å². The van der Waals surface area contributed by atoms with Crippen molar-refractivity contribution < 1.29 is 18.9 Å². The Hall–Kier alpha value is -1.69. The molecule has 5 nitrogen and oxygen atoms in total. The number of amides is 1. The molecule has 0 bridgehead atoms. The van der Waals surface area contributed by atoms with Crippen LogP contribution in [-0.2, 0) is 20.4 Å². The normalized spacial score (nSPS) is 13.6. The fourth-order valence-corrected chi connectivity index (χ4v) is 2.66. The number of aryl methyl sites for hydroxylation is 1. The highest BCUT2D eigenvalue weighted by Gasteiger charge is 2.17. The molecule has 1 aromatic carbocycles. The van der Waals surface area contributed by atoms with Crippen LogP contribution in [0, 0.1) is 12.8 Å². The van der Waals surface area contributed by atoms with Crippen molar-refractivity contribution in [2.75, 3.05) is 16.8 Å². The maximum atomic E-state index is 11.6. The molecular weight excluding hydrogens is 266 g/mol. The lowest BCUT2D eigenvalue weighted by molar-refractivity contribution is -0.140. The summed E-state index contributed by atoms with van der Waals surface area (Å²) in [7, 11) is -1.47. The van der Waals surface area contributed by atoms with Crippen molar-refractivity contribution in [3.05, 3.63) is 29.8 Å². The average Bonchev–Trinajstić information content (AvgIpc) is 2.27. The standard InChI is InChI=1S/C13H17NO4S/c1-9-4-3-5-11(6-9)14-12(15)8-19(18)7-10(2)13(16)17/h3-6,10H,7-8H2,1-2H3,(H,14,15)(H,16,17). The van der Waals surface area contributed by atoms with Gasteiger partial charge in [0.2, 0.25) is 5.91 Å². The highest BCUT2D eigenvalue weighted by molar-refractivity contribution is 7.85. The van der Waals surface area contributed by atoms with Crippen molar-refractivity contribution in [3.63, 3.8) is 0 Å². The van der Waals surface area contributed by atoms with E-state index in [9.17, 15) is 13.8 Å². The van der Waals surface area contributed by atoms with Crippen LogP contribution in [-0.4, -0.2) is 32.7 Å². The molecule has 104 valence electrons. The van der Waals surface area contributed by atoms with Gasteiger partial charge in [-0.2, -0.15) is 0 Å². The molecule has 0 aliphatic carbocycles. The van der Waals surface area contributed by atoms with Gasteiger partial charge in [0.25, 0.3) is 0 Å². The van der Waals surface area contributed by atoms with Crippen molar-refractivity contribution in [3.8, 4) is 0 Å². The average molecular weight is 283 g/mol. The Kier molecular flexibility index (Phi) is 5.69. The predicted molar refractivity (Wildman–Crippen MR) is 74.5 cm³/mol. The first-order valence-electron chi connectivity index (χ1n) is 5.83. The summed E-state index contributed by atoms with van der Waals surface area (Å²) in [6.45, 7) is 3.38. The molecule has 2 unspecified atom stereocenters. The van der Waals surface area contributed by atoms with Gasteiger partial charge in [-0.1, -0.05) is 19.1 Å². The fraction of sp³-hybridized carbons (Fsp3) is 0.385. The Labute approximate surface area is 114 Å². The Morgan fingerprint density at radius 1 is 1.42 bits per heavy atom. The van der Waals surface area contributed by atoms with Crippen LogP contribution in [0.5, 0.6) is 0 Å². The van der Waals surface area contributed by atoms with E-state index in [4.69, 9.17) is 5.11 Å². The minimum absolute atomic E-state index is 0.0173. The van der Waals surface area contributed by atoms with Gasteiger partial charge in [0.05, 0.1) is 5.92 Å². The van der Waals surface area contributed by atoms with Gasteiger partial charge in [-0.15, -0.1) is 0 Å². The van der Waals surface area contributed by atoms with E-state index in [0.29, 0.717) is 5.69 Å². The molecule has 19 heavy (non-hydrogen) atoms. The third-order valence-corrected chi connectivity index (χ3v) is 3.91. The Bertz CT molecular complexity index is 501. The maximum absolute atomic E-state index is 11.6. The van der Waals surface area contributed by atoms with Crippen LogP contribution >= 0.6 is 0 Å². The Morgan fingerprint density at radius 2 is 2.11 bits per heavy atom. The molecule has 0 saturated carbocycles. The predicted octanol–water partition coefficient (Wildman–Crippen LogP) is 1.40. The summed E-state index contributed by atoms with van der Waals surface area (Å²) >= 11 is 0. The van der Waals surface area contributed by atoms with E-state index in [0.717, 1.165) is 5.56 Å². The van der Waals surface area contributed by atoms with E-state index in [1.54, 1.807) is 12.1 Å². The highest BCUT2D eigenvalue weighted by Crippen LogP contribution is 2.09. The Morgan fingerprint density at radius 3 is 2.68 bits per heavy atom. The van der Waals surface area contributed by atoms with Crippen LogP contribution in [0.15, 0.2) is 24.3 Å². The van der Waals surface area contributed by atoms with Gasteiger partial charge in [-0.25, -0.2) is 0 Å². The molecule has 0 aliphatic rings. The number of carbonyl (C=O) groups excluding carboxylic acids is 1. The number of hydrogen-bond donors (Lipinski definition) is 2. The molecule has 1 rings (SSSR count). The fourth-order valence-electron chi connectivity index (χ4n) is 1.48. The number of rotatable bonds is 6. The van der Waals surface area contributed by atoms with E-state index in [-0.39, 0.29) is 17.4 Å². The monoisotopic (exact) mass is 283 g/mol. The molecular formula is C13H17NO4S. The van der Waals surface area contributed by atoms with Gasteiger partial charge in [-0.05, 0) is 24.6 Å². The lowest BCUT2D eigenvalue weighted by Crippen LogP contribution is -2.25. The van der Waals surface area contributed by atoms with Crippen molar-refractivity contribution >= 4 is 28.4 Å². The van der Waals surface area contributed by atoms with Crippen molar-refractivity contribution in [2.24, 2.45) is 5.92 Å². The summed E-state index contributed by atoms with van der Waals surface area (Å²) < 4.78 is 11.6. The molecule has 1 amide bonds. The first kappa shape index (κ1) is 15.4. The van der Waals surface area contributed by atoms with Crippen LogP contribution in [0.2, 0.25) is 0 Å². The zero-order valence-corrected chi connectivity index (χ0v) is 11.7. The van der Waals surface area contributed by atoms with Crippen LogP contribution < -0.4 is 5.32 Å². The second-order valence-corrected chi connectivity index (χ2v) is 5.91. The van der Waals surface area contributed by atoms with E-state index in [1.165, 1.54) is 6.92 Å². The van der Waals surface area contributed by atoms with Crippen LogP contribution in [0.4, 0.5) is 5.69 Å². The van der Waals surface area contributed by atoms with Crippen LogP contribution in [0.25, 0.3) is 0 Å². The minimum Gasteiger partial charge on any atom is -0.481 e. The molecule has 0 saturated heterocycles. The molecule has 2 N–H and O–H groups in total. The molecule has 0 fully saturated rings. The molecule has 2 atom stereocenters. The maximum Gasteiger partial charge on any atom is 0.307 e. The smallest absolute Gasteiger partial charge is 0.307 e. The number of nitrogens with one attached hydrogen (secondary N) is 1. The zero-order valence-electron chi connectivity index (χ0n) is 10.9. The number of carboxylic acid groups (broad SMARTS) is 1. The second-order valence-electron chi connectivity index (χ2n) is 4.41. The lowest BCUT2D eigenvalue weighted by atomic mass is 10.2. The number of benzene rings is 1. The number of aliphatic carboxylic acids is 1. The van der Waals surface area contributed by atoms with Gasteiger partial charge in [0.1, 0.15) is 5.75 Å². The number of hydrogen-bond acceptors (Lipinski definition) is 3. The second kappa shape index (κ2) is 7.04. The van der Waals surface area contributed by atoms with Gasteiger partial charge in [-0.3, -0.25) is 13.8 Å². The van der Waals surface area contributed by atoms with Crippen molar-refractivity contribution in [2.45, 2.75) is 13.8 Å². The van der Waals surface area contributed by atoms with E-state index >= 15 is 0 Å². The number of carbonyl (C=O) groups is 2. The van der Waals surface area contributed by atoms with Crippen molar-refractivity contribution in [1.29, 1.82) is 0 Å². The van der Waals surface area contributed by atoms with E-state index in [1.807, 2.05) is 19.1 Å². The Balaban J connectivity index is 2.47. The van der Waals surface area contributed by atoms with Gasteiger partial charge in [0.15, 0.2) is 0 Å². The molecule has 0 radical (unpaired) electrons. The van der Waals surface area contributed by atoms with Gasteiger partial charge < -0.3 is 10.4 Å². The van der Waals surface area contributed by atoms with Gasteiger partial charge >= 0.3 is 5.97 Å². The summed E-state index contributed by atoms with van der Waals surface area (Å²) in [4.78, 5) is 22.2. The van der Waals surface area contributed by atoms with E-state index in [2.05, 4.69) is 5.32 Å². The SMILES string of the molecule is Cc1cccc(NC(=O)CS(=O)CC(C)C(=O)O)c1. The third-order valence-electron chi connectivity index (χ3n) is 2.45. The third kappa shape index (κ3) is 5.65. The number of anilines is 1. The quantitative estimate of drug-likeness (QED) is 0.826. The largest absolute Gasteiger partial charge is 0.481 e. The van der Waals surface area contributed by atoms with Crippen molar-refractivity contribution in [1.82, 2.24) is 0 Å². The van der Waals surface area contributed by atoms with Gasteiger partial charge in [0, 0.05) is 22.2 Å². The molecule has 0 heterocycles. The summed E-state index contributed by atoms with van der Waals surface area (Å²) in [6.07, 6.45) is 0. The molecule has 1 aromatic rings. The highest BCUT2D eigenvalue weighted by atomic mass is 32.2. The van der Waals surface area contributed by atoms with Crippen LogP contribution in [0.3, 0.4) is 0 Å². The topological polar surface area (TPSA) is 83.5 Å². The first-order valence-corrected chi connectivity index (χ1v) is 7.31. The molecule has 6 heteroatoms. The summed E-state index contributed by atoms with van der Waals surface area (Å²) in [5, 5.41) is 11.3.